The van der Waals surface area contributed by atoms with Gasteiger partial charge in [0.1, 0.15) is 0 Å². The van der Waals surface area contributed by atoms with Crippen LogP contribution in [0.1, 0.15) is 42.6 Å². The molecule has 0 unspecified atom stereocenters. The molecule has 0 bridgehead atoms. The molecule has 0 fully saturated rings. The van der Waals surface area contributed by atoms with Crippen molar-refractivity contribution >= 4 is 11.6 Å². The Kier molecular flexibility index (Phi) is 5.69. The average Bonchev–Trinajstić information content (AvgIpc) is 2.37. The number of aryl methyl sites for hydroxylation is 1. The molecule has 1 amide bonds. The minimum atomic E-state index is 0.131. The molecule has 0 aliphatic heterocycles. The van der Waals surface area contributed by atoms with E-state index in [1.165, 1.54) is 0 Å². The van der Waals surface area contributed by atoms with E-state index in [2.05, 4.69) is 19.2 Å². The standard InChI is InChI=1S/C15H24N2O/c1-5-9-17(10-6-2)15(18)13-11-12(3)7-8-14(13)16-4/h7-8,11,16H,5-6,9-10H2,1-4H3. The van der Waals surface area contributed by atoms with Gasteiger partial charge in [0.15, 0.2) is 0 Å². The molecule has 0 saturated heterocycles. The lowest BCUT2D eigenvalue weighted by Gasteiger charge is -2.23. The van der Waals surface area contributed by atoms with Crippen LogP contribution in [0.3, 0.4) is 0 Å². The van der Waals surface area contributed by atoms with Crippen LogP contribution >= 0.6 is 0 Å². The molecule has 0 saturated carbocycles. The Morgan fingerprint density at radius 2 is 1.83 bits per heavy atom. The van der Waals surface area contributed by atoms with Crippen molar-refractivity contribution < 1.29 is 4.79 Å². The summed E-state index contributed by atoms with van der Waals surface area (Å²) in [6.45, 7) is 7.87. The molecule has 0 heterocycles. The highest BCUT2D eigenvalue weighted by Crippen LogP contribution is 2.19. The SMILES string of the molecule is CCCN(CCC)C(=O)c1cc(C)ccc1NC. The Bertz CT molecular complexity index is 395. The molecule has 100 valence electrons. The van der Waals surface area contributed by atoms with Crippen LogP contribution in [0.4, 0.5) is 5.69 Å². The van der Waals surface area contributed by atoms with Crippen LogP contribution in [0.25, 0.3) is 0 Å². The van der Waals surface area contributed by atoms with Gasteiger partial charge in [-0.25, -0.2) is 0 Å². The number of nitrogens with one attached hydrogen (secondary N) is 1. The van der Waals surface area contributed by atoms with E-state index in [1.54, 1.807) is 0 Å². The molecule has 18 heavy (non-hydrogen) atoms. The zero-order valence-electron chi connectivity index (χ0n) is 11.9. The number of amides is 1. The second-order valence-corrected chi connectivity index (χ2v) is 4.59. The molecule has 0 aliphatic carbocycles. The summed E-state index contributed by atoms with van der Waals surface area (Å²) in [5.74, 6) is 0.131. The van der Waals surface area contributed by atoms with E-state index >= 15 is 0 Å². The van der Waals surface area contributed by atoms with E-state index < -0.39 is 0 Å². The van der Waals surface area contributed by atoms with Crippen LogP contribution in [0.5, 0.6) is 0 Å². The lowest BCUT2D eigenvalue weighted by atomic mass is 10.1. The lowest BCUT2D eigenvalue weighted by Crippen LogP contribution is -2.33. The largest absolute Gasteiger partial charge is 0.387 e. The zero-order valence-corrected chi connectivity index (χ0v) is 11.9. The molecule has 1 rings (SSSR count). The first-order chi connectivity index (χ1) is 8.63. The van der Waals surface area contributed by atoms with Crippen LogP contribution in [-0.4, -0.2) is 30.9 Å². The number of anilines is 1. The van der Waals surface area contributed by atoms with E-state index in [9.17, 15) is 4.79 Å². The molecule has 1 N–H and O–H groups in total. The second-order valence-electron chi connectivity index (χ2n) is 4.59. The number of hydrogen-bond acceptors (Lipinski definition) is 2. The highest BCUT2D eigenvalue weighted by Gasteiger charge is 2.17. The Labute approximate surface area is 110 Å². The quantitative estimate of drug-likeness (QED) is 0.837. The van der Waals surface area contributed by atoms with Crippen molar-refractivity contribution in [1.82, 2.24) is 4.90 Å². The summed E-state index contributed by atoms with van der Waals surface area (Å²) >= 11 is 0. The molecule has 3 nitrogen and oxygen atoms in total. The van der Waals surface area contributed by atoms with E-state index in [0.717, 1.165) is 42.7 Å². The third-order valence-electron chi connectivity index (χ3n) is 2.95. The summed E-state index contributed by atoms with van der Waals surface area (Å²) in [7, 11) is 1.85. The molecule has 0 aromatic heterocycles. The Hall–Kier alpha value is -1.51. The monoisotopic (exact) mass is 248 g/mol. The van der Waals surface area contributed by atoms with E-state index in [4.69, 9.17) is 0 Å². The molecule has 1 aromatic rings. The van der Waals surface area contributed by atoms with Crippen molar-refractivity contribution in [2.75, 3.05) is 25.5 Å². The number of carbonyl (C=O) groups excluding carboxylic acids is 1. The van der Waals surface area contributed by atoms with Gasteiger partial charge in [-0.3, -0.25) is 4.79 Å². The predicted octanol–water partition coefficient (Wildman–Crippen LogP) is 3.30. The first-order valence-corrected chi connectivity index (χ1v) is 6.71. The smallest absolute Gasteiger partial charge is 0.255 e. The van der Waals surface area contributed by atoms with Crippen LogP contribution < -0.4 is 5.32 Å². The van der Waals surface area contributed by atoms with Gasteiger partial charge in [0, 0.05) is 25.8 Å². The second kappa shape index (κ2) is 7.04. The van der Waals surface area contributed by atoms with Gasteiger partial charge < -0.3 is 10.2 Å². The number of rotatable bonds is 6. The van der Waals surface area contributed by atoms with Gasteiger partial charge >= 0.3 is 0 Å². The van der Waals surface area contributed by atoms with Crippen LogP contribution in [0, 0.1) is 6.92 Å². The van der Waals surface area contributed by atoms with Gasteiger partial charge in [-0.15, -0.1) is 0 Å². The van der Waals surface area contributed by atoms with Crippen molar-refractivity contribution in [2.45, 2.75) is 33.6 Å². The Morgan fingerprint density at radius 3 is 2.33 bits per heavy atom. The van der Waals surface area contributed by atoms with Crippen molar-refractivity contribution in [2.24, 2.45) is 0 Å². The molecular weight excluding hydrogens is 224 g/mol. The maximum absolute atomic E-state index is 12.5. The summed E-state index contributed by atoms with van der Waals surface area (Å²) in [6, 6.07) is 5.96. The van der Waals surface area contributed by atoms with Gasteiger partial charge in [-0.2, -0.15) is 0 Å². The predicted molar refractivity (Wildman–Crippen MR) is 77.2 cm³/mol. The minimum Gasteiger partial charge on any atom is -0.387 e. The van der Waals surface area contributed by atoms with Crippen molar-refractivity contribution in [3.8, 4) is 0 Å². The van der Waals surface area contributed by atoms with Crippen LogP contribution in [0.15, 0.2) is 18.2 Å². The summed E-state index contributed by atoms with van der Waals surface area (Å²) < 4.78 is 0. The van der Waals surface area contributed by atoms with Gasteiger partial charge in [0.05, 0.1) is 5.56 Å². The van der Waals surface area contributed by atoms with E-state index in [-0.39, 0.29) is 5.91 Å². The summed E-state index contributed by atoms with van der Waals surface area (Å²) in [5.41, 5.74) is 2.80. The van der Waals surface area contributed by atoms with E-state index in [0.29, 0.717) is 0 Å². The van der Waals surface area contributed by atoms with Crippen molar-refractivity contribution in [3.05, 3.63) is 29.3 Å². The lowest BCUT2D eigenvalue weighted by molar-refractivity contribution is 0.0756. The molecule has 1 aromatic carbocycles. The third kappa shape index (κ3) is 3.49. The minimum absolute atomic E-state index is 0.131. The molecule has 0 spiro atoms. The van der Waals surface area contributed by atoms with Gasteiger partial charge in [-0.1, -0.05) is 25.5 Å². The zero-order chi connectivity index (χ0) is 13.5. The van der Waals surface area contributed by atoms with Crippen molar-refractivity contribution in [1.29, 1.82) is 0 Å². The summed E-state index contributed by atoms with van der Waals surface area (Å²) in [4.78, 5) is 14.5. The highest BCUT2D eigenvalue weighted by atomic mass is 16.2. The molecule has 0 aliphatic rings. The first-order valence-electron chi connectivity index (χ1n) is 6.71. The fourth-order valence-electron chi connectivity index (χ4n) is 2.08. The number of carbonyl (C=O) groups is 1. The fraction of sp³-hybridized carbons (Fsp3) is 0.533. The topological polar surface area (TPSA) is 32.3 Å². The molecule has 0 radical (unpaired) electrons. The van der Waals surface area contributed by atoms with Crippen molar-refractivity contribution in [3.63, 3.8) is 0 Å². The number of hydrogen-bond donors (Lipinski definition) is 1. The summed E-state index contributed by atoms with van der Waals surface area (Å²) in [5, 5.41) is 3.10. The normalized spacial score (nSPS) is 10.2. The Balaban J connectivity index is 3.02. The van der Waals surface area contributed by atoms with Gasteiger partial charge in [-0.05, 0) is 31.9 Å². The maximum Gasteiger partial charge on any atom is 0.255 e. The van der Waals surface area contributed by atoms with Crippen LogP contribution in [0.2, 0.25) is 0 Å². The van der Waals surface area contributed by atoms with Crippen LogP contribution in [-0.2, 0) is 0 Å². The van der Waals surface area contributed by atoms with E-state index in [1.807, 2.05) is 37.1 Å². The van der Waals surface area contributed by atoms with Gasteiger partial charge in [0.25, 0.3) is 5.91 Å². The molecular formula is C15H24N2O. The molecule has 3 heteroatoms. The number of nitrogens with zero attached hydrogens (tertiary/aromatic N) is 1. The number of benzene rings is 1. The third-order valence-corrected chi connectivity index (χ3v) is 2.95. The summed E-state index contributed by atoms with van der Waals surface area (Å²) in [6.07, 6.45) is 1.99. The fourth-order valence-corrected chi connectivity index (χ4v) is 2.08. The Morgan fingerprint density at radius 1 is 1.22 bits per heavy atom. The molecule has 0 atom stereocenters. The highest BCUT2D eigenvalue weighted by molar-refractivity contribution is 5.99. The average molecular weight is 248 g/mol. The van der Waals surface area contributed by atoms with Gasteiger partial charge in [0.2, 0.25) is 0 Å². The maximum atomic E-state index is 12.5. The first kappa shape index (κ1) is 14.6.